The van der Waals surface area contributed by atoms with Gasteiger partial charge in [-0.25, -0.2) is 18.4 Å². The number of methoxy groups -OCH3 is 2. The zero-order valence-electron chi connectivity index (χ0n) is 23.9. The molecule has 1 N–H and O–H groups in total. The SMILES string of the molecule is CO[C@H](COC(=O)C1=C(C)NC(C)=C(C(=O)OC[C@@H](OC)c2ccccc2)C1c1cccc(F)c1F)c1ccccc1. The average molecular weight is 578 g/mol. The molecule has 0 amide bonds. The molecule has 0 spiro atoms. The van der Waals surface area contributed by atoms with E-state index in [1.807, 2.05) is 60.7 Å². The zero-order chi connectivity index (χ0) is 30.2. The summed E-state index contributed by atoms with van der Waals surface area (Å²) in [5, 5.41) is 3.02. The third-order valence-corrected chi connectivity index (χ3v) is 7.14. The van der Waals surface area contributed by atoms with Crippen LogP contribution in [0.25, 0.3) is 0 Å². The smallest absolute Gasteiger partial charge is 0.336 e. The summed E-state index contributed by atoms with van der Waals surface area (Å²) in [7, 11) is 2.98. The highest BCUT2D eigenvalue weighted by atomic mass is 19.2. The van der Waals surface area contributed by atoms with Gasteiger partial charge in [0.15, 0.2) is 11.6 Å². The lowest BCUT2D eigenvalue weighted by Crippen LogP contribution is -2.33. The molecular weight excluding hydrogens is 544 g/mol. The van der Waals surface area contributed by atoms with E-state index in [0.717, 1.165) is 17.2 Å². The van der Waals surface area contributed by atoms with Crippen LogP contribution in [0.3, 0.4) is 0 Å². The summed E-state index contributed by atoms with van der Waals surface area (Å²) in [6, 6.07) is 22.0. The lowest BCUT2D eigenvalue weighted by atomic mass is 9.80. The number of benzene rings is 3. The molecule has 1 heterocycles. The van der Waals surface area contributed by atoms with Gasteiger partial charge in [-0.05, 0) is 31.0 Å². The van der Waals surface area contributed by atoms with Crippen LogP contribution < -0.4 is 5.32 Å². The zero-order valence-corrected chi connectivity index (χ0v) is 23.9. The standard InChI is InChI=1S/C33H33F2NO6/c1-20-28(32(37)41-18-26(39-3)22-12-7-5-8-13-22)30(24-16-11-17-25(34)31(24)35)29(21(2)36-20)33(38)42-19-27(40-4)23-14-9-6-10-15-23/h5-17,26-27,30,36H,18-19H2,1-4H3/t26-,27-/m1/s1. The Morgan fingerprint density at radius 1 is 0.714 bits per heavy atom. The summed E-state index contributed by atoms with van der Waals surface area (Å²) in [6.07, 6.45) is -1.13. The van der Waals surface area contributed by atoms with Crippen molar-refractivity contribution in [1.29, 1.82) is 0 Å². The van der Waals surface area contributed by atoms with Crippen molar-refractivity contribution in [3.05, 3.63) is 130 Å². The third-order valence-electron chi connectivity index (χ3n) is 7.14. The van der Waals surface area contributed by atoms with E-state index in [4.69, 9.17) is 18.9 Å². The van der Waals surface area contributed by atoms with Crippen LogP contribution in [0, 0.1) is 11.6 Å². The molecular formula is C33H33F2NO6. The van der Waals surface area contributed by atoms with Crippen molar-refractivity contribution in [2.75, 3.05) is 27.4 Å². The van der Waals surface area contributed by atoms with E-state index in [2.05, 4.69) is 5.32 Å². The molecule has 0 saturated carbocycles. The largest absolute Gasteiger partial charge is 0.459 e. The second-order valence-electron chi connectivity index (χ2n) is 9.75. The van der Waals surface area contributed by atoms with E-state index in [9.17, 15) is 14.0 Å². The van der Waals surface area contributed by atoms with Crippen LogP contribution in [0.5, 0.6) is 0 Å². The number of ether oxygens (including phenoxy) is 4. The first-order valence-electron chi connectivity index (χ1n) is 13.4. The van der Waals surface area contributed by atoms with Crippen molar-refractivity contribution in [3.63, 3.8) is 0 Å². The van der Waals surface area contributed by atoms with Gasteiger partial charge in [-0.2, -0.15) is 0 Å². The molecule has 0 unspecified atom stereocenters. The molecule has 0 aliphatic carbocycles. The predicted molar refractivity (Wildman–Crippen MR) is 152 cm³/mol. The number of carbonyl (C=O) groups is 2. The maximum absolute atomic E-state index is 15.3. The summed E-state index contributed by atoms with van der Waals surface area (Å²) >= 11 is 0. The Bertz CT molecular complexity index is 1390. The first-order chi connectivity index (χ1) is 20.3. The normalized spacial score (nSPS) is 15.2. The number of hydrogen-bond acceptors (Lipinski definition) is 7. The van der Waals surface area contributed by atoms with Gasteiger partial charge in [0.05, 0.1) is 17.1 Å². The molecule has 0 saturated heterocycles. The van der Waals surface area contributed by atoms with Gasteiger partial charge in [-0.3, -0.25) is 0 Å². The number of rotatable bonds is 11. The molecule has 3 aromatic rings. The molecule has 220 valence electrons. The summed E-state index contributed by atoms with van der Waals surface area (Å²) in [4.78, 5) is 27.3. The summed E-state index contributed by atoms with van der Waals surface area (Å²) in [5.41, 5.74) is 1.94. The molecule has 3 aromatic carbocycles. The Labute approximate surface area is 243 Å². The molecule has 7 nitrogen and oxygen atoms in total. The van der Waals surface area contributed by atoms with Crippen LogP contribution in [0.15, 0.2) is 101 Å². The van der Waals surface area contributed by atoms with Crippen molar-refractivity contribution in [3.8, 4) is 0 Å². The lowest BCUT2D eigenvalue weighted by molar-refractivity contribution is -0.144. The maximum Gasteiger partial charge on any atom is 0.336 e. The predicted octanol–water partition coefficient (Wildman–Crippen LogP) is 6.06. The minimum atomic E-state index is -1.31. The van der Waals surface area contributed by atoms with Gasteiger partial charge in [-0.15, -0.1) is 0 Å². The van der Waals surface area contributed by atoms with Crippen molar-refractivity contribution in [1.82, 2.24) is 5.32 Å². The van der Waals surface area contributed by atoms with Gasteiger partial charge >= 0.3 is 11.9 Å². The number of carbonyl (C=O) groups excluding carboxylic acids is 2. The highest BCUT2D eigenvalue weighted by molar-refractivity contribution is 6.00. The minimum Gasteiger partial charge on any atom is -0.459 e. The Hall–Kier alpha value is -4.34. The fourth-order valence-corrected chi connectivity index (χ4v) is 4.98. The number of dihydropyridines is 1. The number of nitrogens with one attached hydrogen (secondary N) is 1. The van der Waals surface area contributed by atoms with Gasteiger partial charge in [-0.1, -0.05) is 72.8 Å². The third kappa shape index (κ3) is 6.75. The average Bonchev–Trinajstić information content (AvgIpc) is 2.99. The maximum atomic E-state index is 15.3. The molecule has 0 aromatic heterocycles. The van der Waals surface area contributed by atoms with Crippen molar-refractivity contribution in [2.45, 2.75) is 32.0 Å². The topological polar surface area (TPSA) is 83.1 Å². The van der Waals surface area contributed by atoms with Gasteiger partial charge in [0.25, 0.3) is 0 Å². The van der Waals surface area contributed by atoms with Gasteiger partial charge in [0, 0.05) is 31.2 Å². The highest BCUT2D eigenvalue weighted by Crippen LogP contribution is 2.41. The number of allylic oxidation sites excluding steroid dienone is 2. The van der Waals surface area contributed by atoms with E-state index in [-0.39, 0.29) is 29.9 Å². The number of halogens is 2. The second-order valence-corrected chi connectivity index (χ2v) is 9.75. The molecule has 0 bridgehead atoms. The first kappa shape index (κ1) is 30.6. The summed E-state index contributed by atoms with van der Waals surface area (Å²) in [6.45, 7) is 2.91. The minimum absolute atomic E-state index is 0.0497. The number of esters is 2. The van der Waals surface area contributed by atoms with Crippen molar-refractivity contribution < 1.29 is 37.3 Å². The van der Waals surface area contributed by atoms with E-state index >= 15 is 4.39 Å². The van der Waals surface area contributed by atoms with E-state index in [0.29, 0.717) is 11.4 Å². The van der Waals surface area contributed by atoms with Gasteiger partial charge in [0.1, 0.15) is 25.4 Å². The molecule has 0 radical (unpaired) electrons. The fraction of sp³-hybridized carbons (Fsp3) is 0.273. The quantitative estimate of drug-likeness (QED) is 0.277. The Kier molecular flexibility index (Phi) is 10.2. The molecule has 4 rings (SSSR count). The van der Waals surface area contributed by atoms with Crippen molar-refractivity contribution >= 4 is 11.9 Å². The first-order valence-corrected chi connectivity index (χ1v) is 13.4. The Balaban J connectivity index is 1.66. The van der Waals surface area contributed by atoms with Crippen molar-refractivity contribution in [2.24, 2.45) is 0 Å². The van der Waals surface area contributed by atoms with Crippen LogP contribution in [0.4, 0.5) is 8.78 Å². The Morgan fingerprint density at radius 3 is 1.60 bits per heavy atom. The fourth-order valence-electron chi connectivity index (χ4n) is 4.98. The Morgan fingerprint density at radius 2 is 1.17 bits per heavy atom. The van der Waals surface area contributed by atoms with Crippen LogP contribution >= 0.6 is 0 Å². The van der Waals surface area contributed by atoms with Crippen LogP contribution in [0.2, 0.25) is 0 Å². The van der Waals surface area contributed by atoms with Crippen LogP contribution in [-0.4, -0.2) is 39.4 Å². The molecule has 42 heavy (non-hydrogen) atoms. The molecule has 1 aliphatic rings. The molecule has 2 atom stereocenters. The van der Waals surface area contributed by atoms with Gasteiger partial charge in [0.2, 0.25) is 0 Å². The van der Waals surface area contributed by atoms with E-state index in [1.165, 1.54) is 26.4 Å². The van der Waals surface area contributed by atoms with E-state index in [1.54, 1.807) is 13.8 Å². The summed E-state index contributed by atoms with van der Waals surface area (Å²) in [5.74, 6) is -5.24. The lowest BCUT2D eigenvalue weighted by Gasteiger charge is -2.31. The molecule has 0 fully saturated rings. The van der Waals surface area contributed by atoms with Crippen LogP contribution in [-0.2, 0) is 28.5 Å². The number of hydrogen-bond donors (Lipinski definition) is 1. The molecule has 1 aliphatic heterocycles. The second kappa shape index (κ2) is 14.0. The highest BCUT2D eigenvalue weighted by Gasteiger charge is 2.40. The summed E-state index contributed by atoms with van der Waals surface area (Å²) < 4.78 is 52.1. The monoisotopic (exact) mass is 577 g/mol. The van der Waals surface area contributed by atoms with Gasteiger partial charge < -0.3 is 24.3 Å². The van der Waals surface area contributed by atoms with Crippen LogP contribution in [0.1, 0.15) is 48.7 Å². The molecule has 9 heteroatoms. The van der Waals surface area contributed by atoms with E-state index < -0.39 is 41.7 Å².